The van der Waals surface area contributed by atoms with Crippen molar-refractivity contribution in [3.8, 4) is 5.75 Å². The van der Waals surface area contributed by atoms with Gasteiger partial charge in [0.25, 0.3) is 0 Å². The molecule has 0 N–H and O–H groups in total. The van der Waals surface area contributed by atoms with Gasteiger partial charge in [-0.05, 0) is 19.1 Å². The molecule has 0 atom stereocenters. The minimum absolute atomic E-state index is 0.316. The first-order valence-electron chi connectivity index (χ1n) is 5.83. The zero-order chi connectivity index (χ0) is 14.3. The molecule has 0 spiro atoms. The summed E-state index contributed by atoms with van der Waals surface area (Å²) in [4.78, 5) is 11.8. The topological polar surface area (TPSA) is 35.5 Å². The Morgan fingerprint density at radius 1 is 1.26 bits per heavy atom. The highest BCUT2D eigenvalue weighted by atomic mass is 19.4. The number of ether oxygens (including phenoxy) is 2. The molecule has 0 amide bonds. The van der Waals surface area contributed by atoms with Crippen LogP contribution in [0.1, 0.15) is 23.7 Å². The van der Waals surface area contributed by atoms with E-state index in [1.165, 1.54) is 0 Å². The predicted octanol–water partition coefficient (Wildman–Crippen LogP) is 3.24. The second-order valence-corrected chi connectivity index (χ2v) is 3.77. The lowest BCUT2D eigenvalue weighted by molar-refractivity contribution is -0.144. The predicted molar refractivity (Wildman–Crippen MR) is 63.4 cm³/mol. The zero-order valence-electron chi connectivity index (χ0n) is 10.5. The summed E-state index contributed by atoms with van der Waals surface area (Å²) in [7, 11) is 0. The molecule has 3 nitrogen and oxygen atoms in total. The van der Waals surface area contributed by atoms with Gasteiger partial charge in [0.2, 0.25) is 0 Å². The van der Waals surface area contributed by atoms with Crippen molar-refractivity contribution in [3.05, 3.63) is 29.8 Å². The van der Waals surface area contributed by atoms with Crippen LogP contribution in [0.2, 0.25) is 0 Å². The van der Waals surface area contributed by atoms with Crippen LogP contribution in [0.25, 0.3) is 0 Å². The van der Waals surface area contributed by atoms with E-state index in [0.717, 1.165) is 0 Å². The largest absolute Gasteiger partial charge is 0.493 e. The minimum Gasteiger partial charge on any atom is -0.493 e. The molecule has 0 saturated carbocycles. The number of Topliss-reactive ketones (excluding diaryl/α,β-unsaturated/α-hetero) is 1. The summed E-state index contributed by atoms with van der Waals surface area (Å²) < 4.78 is 45.6. The summed E-state index contributed by atoms with van der Waals surface area (Å²) in [6, 6.07) is 6.56. The second-order valence-electron chi connectivity index (χ2n) is 3.77. The van der Waals surface area contributed by atoms with E-state index in [2.05, 4.69) is 0 Å². The molecule has 0 radical (unpaired) electrons. The van der Waals surface area contributed by atoms with Crippen LogP contribution >= 0.6 is 0 Å². The third-order valence-corrected chi connectivity index (χ3v) is 2.25. The van der Waals surface area contributed by atoms with Crippen molar-refractivity contribution >= 4 is 5.78 Å². The molecule has 0 bridgehead atoms. The Kier molecular flexibility index (Phi) is 5.82. The Hall–Kier alpha value is -1.56. The SMILES string of the molecule is CCOc1ccccc1C(=O)COCCC(F)(F)F. The third kappa shape index (κ3) is 5.74. The van der Waals surface area contributed by atoms with Gasteiger partial charge in [-0.15, -0.1) is 0 Å². The van der Waals surface area contributed by atoms with E-state index in [9.17, 15) is 18.0 Å². The highest BCUT2D eigenvalue weighted by Gasteiger charge is 2.26. The van der Waals surface area contributed by atoms with Gasteiger partial charge in [0, 0.05) is 0 Å². The van der Waals surface area contributed by atoms with Crippen molar-refractivity contribution in [2.45, 2.75) is 19.5 Å². The van der Waals surface area contributed by atoms with Gasteiger partial charge < -0.3 is 9.47 Å². The molecular weight excluding hydrogens is 261 g/mol. The maximum atomic E-state index is 11.9. The number of carbonyl (C=O) groups excluding carboxylic acids is 1. The number of rotatable bonds is 7. The first-order valence-corrected chi connectivity index (χ1v) is 5.83. The fourth-order valence-electron chi connectivity index (χ4n) is 1.41. The summed E-state index contributed by atoms with van der Waals surface area (Å²) in [5.74, 6) is 0.0145. The van der Waals surface area contributed by atoms with Gasteiger partial charge in [0.1, 0.15) is 12.4 Å². The maximum absolute atomic E-state index is 11.9. The number of carbonyl (C=O) groups is 1. The average molecular weight is 276 g/mol. The monoisotopic (exact) mass is 276 g/mol. The van der Waals surface area contributed by atoms with Crippen molar-refractivity contribution in [2.75, 3.05) is 19.8 Å². The van der Waals surface area contributed by atoms with Crippen LogP contribution in [0, 0.1) is 0 Å². The number of para-hydroxylation sites is 1. The Morgan fingerprint density at radius 2 is 1.95 bits per heavy atom. The fraction of sp³-hybridized carbons (Fsp3) is 0.462. The van der Waals surface area contributed by atoms with Crippen LogP contribution in [-0.4, -0.2) is 31.8 Å². The van der Waals surface area contributed by atoms with Gasteiger partial charge >= 0.3 is 6.18 Å². The molecule has 0 aliphatic rings. The fourth-order valence-corrected chi connectivity index (χ4v) is 1.41. The Balaban J connectivity index is 2.49. The maximum Gasteiger partial charge on any atom is 0.391 e. The highest BCUT2D eigenvalue weighted by Crippen LogP contribution is 2.20. The van der Waals surface area contributed by atoms with Gasteiger partial charge in [-0.3, -0.25) is 4.79 Å². The third-order valence-electron chi connectivity index (χ3n) is 2.25. The van der Waals surface area contributed by atoms with Gasteiger partial charge in [-0.25, -0.2) is 0 Å². The van der Waals surface area contributed by atoms with E-state index in [0.29, 0.717) is 17.9 Å². The van der Waals surface area contributed by atoms with E-state index in [1.807, 2.05) is 0 Å². The molecule has 0 fully saturated rings. The summed E-state index contributed by atoms with van der Waals surface area (Å²) in [5.41, 5.74) is 0.316. The summed E-state index contributed by atoms with van der Waals surface area (Å²) >= 11 is 0. The molecular formula is C13H15F3O3. The molecule has 6 heteroatoms. The van der Waals surface area contributed by atoms with Crippen molar-refractivity contribution in [1.82, 2.24) is 0 Å². The van der Waals surface area contributed by atoms with E-state index < -0.39 is 25.0 Å². The number of hydrogen-bond donors (Lipinski definition) is 0. The molecule has 1 rings (SSSR count). The van der Waals surface area contributed by atoms with Crippen LogP contribution in [-0.2, 0) is 4.74 Å². The van der Waals surface area contributed by atoms with Gasteiger partial charge in [-0.1, -0.05) is 12.1 Å². The van der Waals surface area contributed by atoms with Gasteiger partial charge in [0.05, 0.1) is 25.2 Å². The molecule has 0 aliphatic carbocycles. The lowest BCUT2D eigenvalue weighted by Crippen LogP contribution is -2.16. The Bertz CT molecular complexity index is 416. The van der Waals surface area contributed by atoms with Gasteiger partial charge in [-0.2, -0.15) is 13.2 Å². The lowest BCUT2D eigenvalue weighted by Gasteiger charge is -2.10. The number of hydrogen-bond acceptors (Lipinski definition) is 3. The lowest BCUT2D eigenvalue weighted by atomic mass is 10.1. The molecule has 19 heavy (non-hydrogen) atoms. The first-order chi connectivity index (χ1) is 8.94. The normalized spacial score (nSPS) is 11.4. The van der Waals surface area contributed by atoms with Crippen molar-refractivity contribution in [2.24, 2.45) is 0 Å². The van der Waals surface area contributed by atoms with Crippen LogP contribution in [0.15, 0.2) is 24.3 Å². The number of halogens is 3. The molecule has 1 aromatic carbocycles. The molecule has 106 valence electrons. The molecule has 0 saturated heterocycles. The summed E-state index contributed by atoms with van der Waals surface area (Å²) in [6.07, 6.45) is -5.33. The van der Waals surface area contributed by atoms with E-state index in [1.54, 1.807) is 31.2 Å². The molecule has 1 aromatic rings. The number of alkyl halides is 3. The van der Waals surface area contributed by atoms with Crippen molar-refractivity contribution in [1.29, 1.82) is 0 Å². The van der Waals surface area contributed by atoms with E-state index in [4.69, 9.17) is 9.47 Å². The van der Waals surface area contributed by atoms with Crippen LogP contribution in [0.4, 0.5) is 13.2 Å². The smallest absolute Gasteiger partial charge is 0.391 e. The van der Waals surface area contributed by atoms with Crippen molar-refractivity contribution in [3.63, 3.8) is 0 Å². The first kappa shape index (κ1) is 15.5. The van der Waals surface area contributed by atoms with Crippen LogP contribution in [0.3, 0.4) is 0 Å². The summed E-state index contributed by atoms with van der Waals surface area (Å²) in [6.45, 7) is 1.27. The van der Waals surface area contributed by atoms with Gasteiger partial charge in [0.15, 0.2) is 5.78 Å². The molecule has 0 aliphatic heterocycles. The highest BCUT2D eigenvalue weighted by molar-refractivity contribution is 5.99. The minimum atomic E-state index is -4.27. The van der Waals surface area contributed by atoms with E-state index in [-0.39, 0.29) is 6.61 Å². The second kappa shape index (κ2) is 7.13. The Morgan fingerprint density at radius 3 is 2.58 bits per heavy atom. The molecule has 0 unspecified atom stereocenters. The molecule has 0 heterocycles. The Labute approximate surface area is 109 Å². The zero-order valence-corrected chi connectivity index (χ0v) is 10.5. The molecule has 0 aromatic heterocycles. The van der Waals surface area contributed by atoms with Crippen LogP contribution in [0.5, 0.6) is 5.75 Å². The average Bonchev–Trinajstić information content (AvgIpc) is 2.34. The standard InChI is InChI=1S/C13H15F3O3/c1-2-19-12-6-4-3-5-10(12)11(17)9-18-8-7-13(14,15)16/h3-6H,2,7-9H2,1H3. The van der Waals surface area contributed by atoms with Crippen molar-refractivity contribution < 1.29 is 27.4 Å². The van der Waals surface area contributed by atoms with Crippen LogP contribution < -0.4 is 4.74 Å². The quantitative estimate of drug-likeness (QED) is 0.566. The summed E-state index contributed by atoms with van der Waals surface area (Å²) in [5, 5.41) is 0. The number of benzene rings is 1. The number of ketones is 1. The van der Waals surface area contributed by atoms with E-state index >= 15 is 0 Å².